The van der Waals surface area contributed by atoms with Crippen molar-refractivity contribution in [2.45, 2.75) is 33.1 Å². The number of rotatable bonds is 4. The van der Waals surface area contributed by atoms with E-state index < -0.39 is 0 Å². The highest BCUT2D eigenvalue weighted by Gasteiger charge is 1.82. The minimum Gasteiger partial charge on any atom is -0.103 e. The zero-order chi connectivity index (χ0) is 7.11. The van der Waals surface area contributed by atoms with Crippen molar-refractivity contribution >= 4 is 0 Å². The Balaban J connectivity index is 3.42. The monoisotopic (exact) mass is 124 g/mol. The van der Waals surface area contributed by atoms with Gasteiger partial charge in [-0.15, -0.1) is 6.58 Å². The van der Waals surface area contributed by atoms with Crippen molar-refractivity contribution in [2.75, 3.05) is 0 Å². The van der Waals surface area contributed by atoms with Gasteiger partial charge in [-0.2, -0.15) is 0 Å². The number of hydrogen-bond acceptors (Lipinski definition) is 0. The minimum atomic E-state index is 1.02. The van der Waals surface area contributed by atoms with Gasteiger partial charge >= 0.3 is 0 Å². The van der Waals surface area contributed by atoms with Gasteiger partial charge in [-0.25, -0.2) is 0 Å². The van der Waals surface area contributed by atoms with E-state index in [0.717, 1.165) is 6.42 Å². The zero-order valence-electron chi connectivity index (χ0n) is 6.48. The van der Waals surface area contributed by atoms with Crippen LogP contribution < -0.4 is 0 Å². The molecule has 0 unspecified atom stereocenters. The SMILES string of the molecule is C=CC/C=C(\C)CCC. The van der Waals surface area contributed by atoms with Crippen LogP contribution in [0.15, 0.2) is 24.3 Å². The van der Waals surface area contributed by atoms with Crippen molar-refractivity contribution in [3.8, 4) is 0 Å². The van der Waals surface area contributed by atoms with E-state index in [-0.39, 0.29) is 0 Å². The van der Waals surface area contributed by atoms with E-state index >= 15 is 0 Å². The van der Waals surface area contributed by atoms with E-state index in [1.165, 1.54) is 18.4 Å². The van der Waals surface area contributed by atoms with Crippen LogP contribution in [0.25, 0.3) is 0 Å². The summed E-state index contributed by atoms with van der Waals surface area (Å²) in [7, 11) is 0. The third-order valence-corrected chi connectivity index (χ3v) is 1.28. The standard InChI is InChI=1S/C9H16/c1-4-6-8-9(3)7-5-2/h4,8H,1,5-7H2,2-3H3/b9-8+. The Morgan fingerprint density at radius 1 is 1.56 bits per heavy atom. The molecule has 0 nitrogen and oxygen atoms in total. The summed E-state index contributed by atoms with van der Waals surface area (Å²) in [6, 6.07) is 0. The van der Waals surface area contributed by atoms with Gasteiger partial charge in [0.25, 0.3) is 0 Å². The molecule has 0 heterocycles. The second kappa shape index (κ2) is 5.61. The number of allylic oxidation sites excluding steroid dienone is 3. The van der Waals surface area contributed by atoms with Gasteiger partial charge in [-0.05, 0) is 19.8 Å². The van der Waals surface area contributed by atoms with Gasteiger partial charge in [-0.3, -0.25) is 0 Å². The molecule has 0 saturated heterocycles. The lowest BCUT2D eigenvalue weighted by Crippen LogP contribution is -1.73. The van der Waals surface area contributed by atoms with Crippen LogP contribution in [0.2, 0.25) is 0 Å². The Labute approximate surface area is 58.3 Å². The normalized spacial score (nSPS) is 11.6. The van der Waals surface area contributed by atoms with Crippen molar-refractivity contribution in [1.82, 2.24) is 0 Å². The fourth-order valence-corrected chi connectivity index (χ4v) is 0.781. The van der Waals surface area contributed by atoms with Crippen molar-refractivity contribution in [2.24, 2.45) is 0 Å². The van der Waals surface area contributed by atoms with Crippen molar-refractivity contribution in [3.05, 3.63) is 24.3 Å². The fraction of sp³-hybridized carbons (Fsp3) is 0.556. The predicted molar refractivity (Wildman–Crippen MR) is 43.5 cm³/mol. The quantitative estimate of drug-likeness (QED) is 0.504. The third kappa shape index (κ3) is 5.35. The van der Waals surface area contributed by atoms with Crippen LogP contribution in [-0.2, 0) is 0 Å². The van der Waals surface area contributed by atoms with Crippen molar-refractivity contribution in [3.63, 3.8) is 0 Å². The Bertz CT molecular complexity index is 98.6. The van der Waals surface area contributed by atoms with Crippen LogP contribution in [-0.4, -0.2) is 0 Å². The molecule has 0 aliphatic rings. The van der Waals surface area contributed by atoms with E-state index in [0.29, 0.717) is 0 Å². The first kappa shape index (κ1) is 8.48. The fourth-order valence-electron chi connectivity index (χ4n) is 0.781. The van der Waals surface area contributed by atoms with Crippen molar-refractivity contribution < 1.29 is 0 Å². The summed E-state index contributed by atoms with van der Waals surface area (Å²) in [5, 5.41) is 0. The second-order valence-corrected chi connectivity index (χ2v) is 2.32. The molecule has 52 valence electrons. The molecule has 0 heteroatoms. The molecule has 0 amide bonds. The first-order valence-corrected chi connectivity index (χ1v) is 3.57. The second-order valence-electron chi connectivity index (χ2n) is 2.32. The van der Waals surface area contributed by atoms with Gasteiger partial charge in [0, 0.05) is 0 Å². The molecule has 0 radical (unpaired) electrons. The van der Waals surface area contributed by atoms with Crippen LogP contribution in [0.5, 0.6) is 0 Å². The molecule has 0 aromatic heterocycles. The van der Waals surface area contributed by atoms with Gasteiger partial charge in [0.2, 0.25) is 0 Å². The highest BCUT2D eigenvalue weighted by molar-refractivity contribution is 5.00. The maximum atomic E-state index is 3.65. The van der Waals surface area contributed by atoms with Gasteiger partial charge in [0.1, 0.15) is 0 Å². The van der Waals surface area contributed by atoms with Crippen LogP contribution in [0.1, 0.15) is 33.1 Å². The predicted octanol–water partition coefficient (Wildman–Crippen LogP) is 3.31. The minimum absolute atomic E-state index is 1.02. The highest BCUT2D eigenvalue weighted by atomic mass is 13.9. The topological polar surface area (TPSA) is 0 Å². The molecule has 0 aliphatic heterocycles. The lowest BCUT2D eigenvalue weighted by molar-refractivity contribution is 0.900. The van der Waals surface area contributed by atoms with E-state index in [1.54, 1.807) is 0 Å². The average Bonchev–Trinajstić information content (AvgIpc) is 1.85. The molecule has 0 bridgehead atoms. The zero-order valence-corrected chi connectivity index (χ0v) is 6.48. The highest BCUT2D eigenvalue weighted by Crippen LogP contribution is 2.03. The van der Waals surface area contributed by atoms with Crippen LogP contribution >= 0.6 is 0 Å². The summed E-state index contributed by atoms with van der Waals surface area (Å²) in [6.45, 7) is 8.02. The van der Waals surface area contributed by atoms with Gasteiger partial charge in [-0.1, -0.05) is 31.1 Å². The first-order valence-electron chi connectivity index (χ1n) is 3.57. The molecule has 0 aromatic carbocycles. The molecule has 0 rings (SSSR count). The molecule has 9 heavy (non-hydrogen) atoms. The molecule has 0 N–H and O–H groups in total. The molecule has 0 aliphatic carbocycles. The largest absolute Gasteiger partial charge is 0.103 e. The molecular formula is C9H16. The van der Waals surface area contributed by atoms with Crippen LogP contribution in [0.4, 0.5) is 0 Å². The van der Waals surface area contributed by atoms with Gasteiger partial charge < -0.3 is 0 Å². The smallest absolute Gasteiger partial charge is 0.0169 e. The van der Waals surface area contributed by atoms with Crippen LogP contribution in [0, 0.1) is 0 Å². The molecule has 0 spiro atoms. The molecule has 0 fully saturated rings. The lowest BCUT2D eigenvalue weighted by atomic mass is 10.1. The summed E-state index contributed by atoms with van der Waals surface area (Å²) in [6.07, 6.45) is 7.66. The van der Waals surface area contributed by atoms with Crippen molar-refractivity contribution in [1.29, 1.82) is 0 Å². The first-order chi connectivity index (χ1) is 4.31. The maximum absolute atomic E-state index is 3.65. The Hall–Kier alpha value is -0.520. The van der Waals surface area contributed by atoms with Gasteiger partial charge in [0.05, 0.1) is 0 Å². The maximum Gasteiger partial charge on any atom is -0.0169 e. The van der Waals surface area contributed by atoms with E-state index in [9.17, 15) is 0 Å². The summed E-state index contributed by atoms with van der Waals surface area (Å²) in [5.74, 6) is 0. The Morgan fingerprint density at radius 3 is 2.67 bits per heavy atom. The third-order valence-electron chi connectivity index (χ3n) is 1.28. The molecular weight excluding hydrogens is 108 g/mol. The summed E-state index contributed by atoms with van der Waals surface area (Å²) in [5.41, 5.74) is 1.48. The van der Waals surface area contributed by atoms with Gasteiger partial charge in [0.15, 0.2) is 0 Å². The van der Waals surface area contributed by atoms with E-state index in [2.05, 4.69) is 26.5 Å². The average molecular weight is 124 g/mol. The number of hydrogen-bond donors (Lipinski definition) is 0. The Kier molecular flexibility index (Phi) is 5.29. The summed E-state index contributed by atoms with van der Waals surface area (Å²) in [4.78, 5) is 0. The summed E-state index contributed by atoms with van der Waals surface area (Å²) < 4.78 is 0. The lowest BCUT2D eigenvalue weighted by Gasteiger charge is -1.93. The molecule has 0 aromatic rings. The molecule has 0 atom stereocenters. The molecule has 0 saturated carbocycles. The van der Waals surface area contributed by atoms with Crippen LogP contribution in [0.3, 0.4) is 0 Å². The Morgan fingerprint density at radius 2 is 2.22 bits per heavy atom. The summed E-state index contributed by atoms with van der Waals surface area (Å²) >= 11 is 0. The van der Waals surface area contributed by atoms with E-state index in [1.807, 2.05) is 6.08 Å². The van der Waals surface area contributed by atoms with E-state index in [4.69, 9.17) is 0 Å².